The summed E-state index contributed by atoms with van der Waals surface area (Å²) in [6.07, 6.45) is 2.22. The first-order chi connectivity index (χ1) is 4.31. The van der Waals surface area contributed by atoms with Crippen molar-refractivity contribution in [3.63, 3.8) is 0 Å². The summed E-state index contributed by atoms with van der Waals surface area (Å²) < 4.78 is 0. The van der Waals surface area contributed by atoms with Crippen LogP contribution in [0.25, 0.3) is 0 Å². The van der Waals surface area contributed by atoms with Crippen molar-refractivity contribution in [2.24, 2.45) is 17.5 Å². The third-order valence-corrected chi connectivity index (χ3v) is 1.44. The lowest BCUT2D eigenvalue weighted by Gasteiger charge is -2.07. The second-order valence-electron chi connectivity index (χ2n) is 2.43. The zero-order valence-electron chi connectivity index (χ0n) is 6.06. The van der Waals surface area contributed by atoms with Crippen molar-refractivity contribution < 1.29 is 0 Å². The summed E-state index contributed by atoms with van der Waals surface area (Å²) in [6, 6.07) is 0. The van der Waals surface area contributed by atoms with E-state index >= 15 is 0 Å². The summed E-state index contributed by atoms with van der Waals surface area (Å²) in [7, 11) is 0. The number of nitrogens with one attached hydrogen (secondary N) is 1. The fraction of sp³-hybridized carbons (Fsp3) is 1.00. The average Bonchev–Trinajstić information content (AvgIpc) is 1.85. The minimum atomic E-state index is 0.700. The molecule has 0 saturated carbocycles. The molecule has 0 amide bonds. The second-order valence-corrected chi connectivity index (χ2v) is 2.43. The largest absolute Gasteiger partial charge is 0.330 e. The molecule has 0 unspecified atom stereocenters. The Bertz CT molecular complexity index is 56.3. The van der Waals surface area contributed by atoms with Gasteiger partial charge in [-0.2, -0.15) is 0 Å². The van der Waals surface area contributed by atoms with Crippen molar-refractivity contribution in [1.29, 1.82) is 0 Å². The van der Waals surface area contributed by atoms with Crippen LogP contribution in [0.5, 0.6) is 0 Å². The Hall–Kier alpha value is -0.120. The van der Waals surface area contributed by atoms with Crippen molar-refractivity contribution in [2.75, 3.05) is 13.1 Å². The van der Waals surface area contributed by atoms with Gasteiger partial charge in [-0.25, -0.2) is 0 Å². The van der Waals surface area contributed by atoms with E-state index in [-0.39, 0.29) is 0 Å². The minimum absolute atomic E-state index is 0.700. The Morgan fingerprint density at radius 2 is 2.11 bits per heavy atom. The molecule has 0 aromatic heterocycles. The lowest BCUT2D eigenvalue weighted by molar-refractivity contribution is 0.480. The molecule has 0 radical (unpaired) electrons. The summed E-state index contributed by atoms with van der Waals surface area (Å²) in [5.41, 5.74) is 7.97. The molecule has 0 spiro atoms. The normalized spacial score (nSPS) is 13.7. The zero-order chi connectivity index (χ0) is 7.11. The van der Waals surface area contributed by atoms with E-state index in [1.807, 2.05) is 0 Å². The van der Waals surface area contributed by atoms with E-state index in [1.165, 1.54) is 0 Å². The third-order valence-electron chi connectivity index (χ3n) is 1.44. The smallest absolute Gasteiger partial charge is 0.00999 e. The molecular formula is C6H17N3. The molecule has 0 bridgehead atoms. The average molecular weight is 131 g/mol. The van der Waals surface area contributed by atoms with Gasteiger partial charge in [0.2, 0.25) is 0 Å². The van der Waals surface area contributed by atoms with Crippen LogP contribution in [0.2, 0.25) is 0 Å². The number of hydrogen-bond donors (Lipinski definition) is 3. The van der Waals surface area contributed by atoms with E-state index in [0.717, 1.165) is 25.9 Å². The molecule has 0 aromatic carbocycles. The van der Waals surface area contributed by atoms with E-state index in [1.54, 1.807) is 0 Å². The Labute approximate surface area is 56.8 Å². The monoisotopic (exact) mass is 131 g/mol. The lowest BCUT2D eigenvalue weighted by Crippen LogP contribution is -2.24. The van der Waals surface area contributed by atoms with Gasteiger partial charge in [-0.05, 0) is 25.3 Å². The Morgan fingerprint density at radius 3 is 2.56 bits per heavy atom. The van der Waals surface area contributed by atoms with Gasteiger partial charge in [0.05, 0.1) is 0 Å². The van der Waals surface area contributed by atoms with Gasteiger partial charge >= 0.3 is 0 Å². The van der Waals surface area contributed by atoms with Gasteiger partial charge in [-0.3, -0.25) is 11.3 Å². The van der Waals surface area contributed by atoms with Crippen LogP contribution in [0.1, 0.15) is 19.8 Å². The van der Waals surface area contributed by atoms with Gasteiger partial charge in [0.25, 0.3) is 0 Å². The minimum Gasteiger partial charge on any atom is -0.330 e. The molecule has 0 fully saturated rings. The van der Waals surface area contributed by atoms with Gasteiger partial charge in [-0.1, -0.05) is 6.92 Å². The molecule has 0 aromatic rings. The molecule has 0 aliphatic heterocycles. The number of hydrazine groups is 1. The van der Waals surface area contributed by atoms with E-state index in [0.29, 0.717) is 5.92 Å². The number of nitrogens with two attached hydrogens (primary N) is 2. The first-order valence-corrected chi connectivity index (χ1v) is 3.44. The van der Waals surface area contributed by atoms with Crippen LogP contribution in [-0.2, 0) is 0 Å². The van der Waals surface area contributed by atoms with Crippen LogP contribution in [0.15, 0.2) is 0 Å². The van der Waals surface area contributed by atoms with E-state index in [9.17, 15) is 0 Å². The predicted molar refractivity (Wildman–Crippen MR) is 39.6 cm³/mol. The highest BCUT2D eigenvalue weighted by atomic mass is 15.2. The van der Waals surface area contributed by atoms with Crippen molar-refractivity contribution in [1.82, 2.24) is 5.43 Å². The van der Waals surface area contributed by atoms with Crippen LogP contribution in [-0.4, -0.2) is 13.1 Å². The SMILES string of the molecule is C[C@@H](CCN)CCNN. The summed E-state index contributed by atoms with van der Waals surface area (Å²) in [4.78, 5) is 0. The van der Waals surface area contributed by atoms with E-state index in [4.69, 9.17) is 11.6 Å². The fourth-order valence-corrected chi connectivity index (χ4v) is 0.759. The molecule has 0 saturated heterocycles. The maximum Gasteiger partial charge on any atom is 0.00999 e. The van der Waals surface area contributed by atoms with Crippen molar-refractivity contribution >= 4 is 0 Å². The summed E-state index contributed by atoms with van der Waals surface area (Å²) in [5, 5.41) is 0. The Balaban J connectivity index is 2.95. The quantitative estimate of drug-likeness (QED) is 0.358. The maximum atomic E-state index is 5.35. The van der Waals surface area contributed by atoms with E-state index in [2.05, 4.69) is 12.3 Å². The molecule has 9 heavy (non-hydrogen) atoms. The molecule has 0 aliphatic carbocycles. The third kappa shape index (κ3) is 5.76. The summed E-state index contributed by atoms with van der Waals surface area (Å²) in [6.45, 7) is 3.86. The first kappa shape index (κ1) is 8.88. The van der Waals surface area contributed by atoms with Crippen LogP contribution in [0, 0.1) is 5.92 Å². The first-order valence-electron chi connectivity index (χ1n) is 3.44. The predicted octanol–water partition coefficient (Wildman–Crippen LogP) is -0.175. The van der Waals surface area contributed by atoms with Gasteiger partial charge in [0.1, 0.15) is 0 Å². The molecule has 0 rings (SSSR count). The lowest BCUT2D eigenvalue weighted by atomic mass is 10.0. The molecule has 56 valence electrons. The van der Waals surface area contributed by atoms with Crippen LogP contribution in [0.4, 0.5) is 0 Å². The molecule has 0 aliphatic rings. The fourth-order valence-electron chi connectivity index (χ4n) is 0.759. The second kappa shape index (κ2) is 6.01. The highest BCUT2D eigenvalue weighted by Gasteiger charge is 1.97. The number of hydrogen-bond acceptors (Lipinski definition) is 3. The van der Waals surface area contributed by atoms with Gasteiger partial charge < -0.3 is 5.73 Å². The standard InChI is InChI=1S/C6H17N3/c1-6(2-4-7)3-5-9-8/h6,9H,2-5,7-8H2,1H3/t6-/m0/s1. The van der Waals surface area contributed by atoms with Crippen molar-refractivity contribution in [2.45, 2.75) is 19.8 Å². The molecule has 3 heteroatoms. The number of rotatable bonds is 5. The van der Waals surface area contributed by atoms with Gasteiger partial charge in [-0.15, -0.1) is 0 Å². The highest BCUT2D eigenvalue weighted by molar-refractivity contribution is 4.53. The van der Waals surface area contributed by atoms with Gasteiger partial charge in [0, 0.05) is 6.54 Å². The highest BCUT2D eigenvalue weighted by Crippen LogP contribution is 2.03. The van der Waals surface area contributed by atoms with Crippen LogP contribution >= 0.6 is 0 Å². The van der Waals surface area contributed by atoms with Crippen molar-refractivity contribution in [3.05, 3.63) is 0 Å². The maximum absolute atomic E-state index is 5.35. The molecule has 1 atom stereocenters. The van der Waals surface area contributed by atoms with E-state index < -0.39 is 0 Å². The molecule has 0 heterocycles. The molecular weight excluding hydrogens is 114 g/mol. The zero-order valence-corrected chi connectivity index (χ0v) is 6.06. The Morgan fingerprint density at radius 1 is 1.44 bits per heavy atom. The Kier molecular flexibility index (Phi) is 5.93. The van der Waals surface area contributed by atoms with Crippen LogP contribution < -0.4 is 17.0 Å². The summed E-state index contributed by atoms with van der Waals surface area (Å²) in [5.74, 6) is 5.79. The van der Waals surface area contributed by atoms with Crippen molar-refractivity contribution in [3.8, 4) is 0 Å². The molecule has 3 nitrogen and oxygen atoms in total. The van der Waals surface area contributed by atoms with Crippen LogP contribution in [0.3, 0.4) is 0 Å². The topological polar surface area (TPSA) is 64.1 Å². The molecule has 5 N–H and O–H groups in total. The van der Waals surface area contributed by atoms with Gasteiger partial charge in [0.15, 0.2) is 0 Å². The summed E-state index contributed by atoms with van der Waals surface area (Å²) >= 11 is 0.